The highest BCUT2D eigenvalue weighted by atomic mass is 79.9. The van der Waals surface area contributed by atoms with E-state index in [-0.39, 0.29) is 0 Å². The summed E-state index contributed by atoms with van der Waals surface area (Å²) in [4.78, 5) is 0.561. The van der Waals surface area contributed by atoms with Gasteiger partial charge in [0.25, 0.3) is 0 Å². The van der Waals surface area contributed by atoms with Crippen LogP contribution in [0.25, 0.3) is 0 Å². The van der Waals surface area contributed by atoms with E-state index in [1.54, 1.807) is 0 Å². The fraction of sp³-hybridized carbons (Fsp3) is 0.647. The van der Waals surface area contributed by atoms with Crippen molar-refractivity contribution < 1.29 is 0 Å². The third-order valence-corrected chi connectivity index (χ3v) is 5.67. The van der Waals surface area contributed by atoms with Gasteiger partial charge in [-0.2, -0.15) is 0 Å². The molecule has 100 valence electrons. The Labute approximate surface area is 120 Å². The molecule has 0 amide bonds. The summed E-state index contributed by atoms with van der Waals surface area (Å²) in [5.74, 6) is 1.85. The molecular formula is C17H25Br. The Morgan fingerprint density at radius 3 is 2.39 bits per heavy atom. The molecule has 0 aliphatic heterocycles. The SMILES string of the molecule is CCCCC1CCC(C(Br)c2ccccc2)CC1. The molecule has 0 spiro atoms. The molecule has 0 bridgehead atoms. The minimum atomic E-state index is 0.561. The lowest BCUT2D eigenvalue weighted by atomic mass is 9.77. The number of benzene rings is 1. The van der Waals surface area contributed by atoms with Crippen molar-refractivity contribution in [1.82, 2.24) is 0 Å². The van der Waals surface area contributed by atoms with Crippen LogP contribution in [0.3, 0.4) is 0 Å². The molecule has 1 aliphatic rings. The third-order valence-electron chi connectivity index (χ3n) is 4.39. The molecule has 1 saturated carbocycles. The average Bonchev–Trinajstić information content (AvgIpc) is 2.46. The zero-order chi connectivity index (χ0) is 12.8. The van der Waals surface area contributed by atoms with E-state index in [2.05, 4.69) is 53.2 Å². The molecule has 2 rings (SSSR count). The smallest absolute Gasteiger partial charge is 0.0423 e. The maximum atomic E-state index is 3.92. The van der Waals surface area contributed by atoms with E-state index in [1.807, 2.05) is 0 Å². The van der Waals surface area contributed by atoms with Gasteiger partial charge in [-0.05, 0) is 30.2 Å². The summed E-state index contributed by atoms with van der Waals surface area (Å²) in [5.41, 5.74) is 1.45. The number of rotatable bonds is 5. The van der Waals surface area contributed by atoms with Gasteiger partial charge in [-0.15, -0.1) is 0 Å². The summed E-state index contributed by atoms with van der Waals surface area (Å²) in [5, 5.41) is 0. The Kier molecular flexibility index (Phi) is 5.75. The summed E-state index contributed by atoms with van der Waals surface area (Å²) >= 11 is 3.92. The molecular weight excluding hydrogens is 284 g/mol. The van der Waals surface area contributed by atoms with E-state index in [1.165, 1.54) is 50.5 Å². The molecule has 18 heavy (non-hydrogen) atoms. The van der Waals surface area contributed by atoms with Gasteiger partial charge in [0.05, 0.1) is 0 Å². The minimum Gasteiger partial charge on any atom is -0.0836 e. The molecule has 1 aliphatic carbocycles. The van der Waals surface area contributed by atoms with Crippen LogP contribution in [-0.4, -0.2) is 0 Å². The Hall–Kier alpha value is -0.300. The number of hydrogen-bond donors (Lipinski definition) is 0. The van der Waals surface area contributed by atoms with Crippen LogP contribution in [0.15, 0.2) is 30.3 Å². The molecule has 1 atom stereocenters. The fourth-order valence-electron chi connectivity index (χ4n) is 3.17. The highest BCUT2D eigenvalue weighted by molar-refractivity contribution is 9.09. The largest absolute Gasteiger partial charge is 0.0836 e. The Morgan fingerprint density at radius 2 is 1.78 bits per heavy atom. The van der Waals surface area contributed by atoms with Gasteiger partial charge in [-0.1, -0.05) is 85.3 Å². The van der Waals surface area contributed by atoms with Crippen LogP contribution in [0, 0.1) is 11.8 Å². The maximum Gasteiger partial charge on any atom is 0.0423 e. The quantitative estimate of drug-likeness (QED) is 0.575. The fourth-order valence-corrected chi connectivity index (χ4v) is 4.01. The van der Waals surface area contributed by atoms with E-state index >= 15 is 0 Å². The summed E-state index contributed by atoms with van der Waals surface area (Å²) < 4.78 is 0. The molecule has 1 unspecified atom stereocenters. The molecule has 1 aromatic rings. The second kappa shape index (κ2) is 7.33. The molecule has 1 aromatic carbocycles. The van der Waals surface area contributed by atoms with E-state index in [0.717, 1.165) is 11.8 Å². The number of halogens is 1. The Bertz CT molecular complexity index is 325. The molecule has 0 nitrogen and oxygen atoms in total. The molecule has 0 radical (unpaired) electrons. The van der Waals surface area contributed by atoms with Gasteiger partial charge >= 0.3 is 0 Å². The lowest BCUT2D eigenvalue weighted by Crippen LogP contribution is -2.18. The highest BCUT2D eigenvalue weighted by Gasteiger charge is 2.26. The van der Waals surface area contributed by atoms with Crippen molar-refractivity contribution in [2.24, 2.45) is 11.8 Å². The van der Waals surface area contributed by atoms with Crippen molar-refractivity contribution in [3.8, 4) is 0 Å². The number of unbranched alkanes of at least 4 members (excludes halogenated alkanes) is 1. The van der Waals surface area contributed by atoms with Crippen molar-refractivity contribution in [3.05, 3.63) is 35.9 Å². The lowest BCUT2D eigenvalue weighted by Gasteiger charge is -2.31. The molecule has 0 aromatic heterocycles. The highest BCUT2D eigenvalue weighted by Crippen LogP contribution is 2.42. The van der Waals surface area contributed by atoms with Gasteiger partial charge in [0.2, 0.25) is 0 Å². The second-order valence-electron chi connectivity index (χ2n) is 5.74. The van der Waals surface area contributed by atoms with E-state index < -0.39 is 0 Å². The van der Waals surface area contributed by atoms with Gasteiger partial charge in [0.1, 0.15) is 0 Å². The average molecular weight is 309 g/mol. The predicted molar refractivity (Wildman–Crippen MR) is 83.1 cm³/mol. The van der Waals surface area contributed by atoms with Gasteiger partial charge in [0.15, 0.2) is 0 Å². The van der Waals surface area contributed by atoms with Crippen molar-refractivity contribution in [1.29, 1.82) is 0 Å². The third kappa shape index (κ3) is 3.85. The topological polar surface area (TPSA) is 0 Å². The summed E-state index contributed by atoms with van der Waals surface area (Å²) in [6.07, 6.45) is 9.93. The zero-order valence-electron chi connectivity index (χ0n) is 11.4. The Morgan fingerprint density at radius 1 is 1.11 bits per heavy atom. The first-order chi connectivity index (χ1) is 8.81. The van der Waals surface area contributed by atoms with Gasteiger partial charge in [-0.25, -0.2) is 0 Å². The molecule has 0 N–H and O–H groups in total. The monoisotopic (exact) mass is 308 g/mol. The normalized spacial score (nSPS) is 25.9. The minimum absolute atomic E-state index is 0.561. The van der Waals surface area contributed by atoms with Crippen LogP contribution in [0.5, 0.6) is 0 Å². The van der Waals surface area contributed by atoms with Crippen LogP contribution in [0.1, 0.15) is 62.3 Å². The van der Waals surface area contributed by atoms with Crippen LogP contribution in [0.4, 0.5) is 0 Å². The number of alkyl halides is 1. The van der Waals surface area contributed by atoms with Crippen LogP contribution >= 0.6 is 15.9 Å². The summed E-state index contributed by atoms with van der Waals surface area (Å²) in [6, 6.07) is 10.9. The van der Waals surface area contributed by atoms with Crippen molar-refractivity contribution in [2.75, 3.05) is 0 Å². The first-order valence-corrected chi connectivity index (χ1v) is 8.41. The predicted octanol–water partition coefficient (Wildman–Crippen LogP) is 6.12. The molecule has 1 fully saturated rings. The molecule has 0 heterocycles. The van der Waals surface area contributed by atoms with Gasteiger partial charge in [0, 0.05) is 4.83 Å². The first kappa shape index (κ1) is 14.1. The van der Waals surface area contributed by atoms with Gasteiger partial charge < -0.3 is 0 Å². The summed E-state index contributed by atoms with van der Waals surface area (Å²) in [6.45, 7) is 2.30. The van der Waals surface area contributed by atoms with E-state index in [9.17, 15) is 0 Å². The van der Waals surface area contributed by atoms with Crippen LogP contribution in [-0.2, 0) is 0 Å². The second-order valence-corrected chi connectivity index (χ2v) is 6.72. The standard InChI is InChI=1S/C17H25Br/c1-2-3-7-14-10-12-16(13-11-14)17(18)15-8-5-4-6-9-15/h4-6,8-9,14,16-17H,2-3,7,10-13H2,1H3. The van der Waals surface area contributed by atoms with Crippen LogP contribution < -0.4 is 0 Å². The molecule has 0 saturated heterocycles. The van der Waals surface area contributed by atoms with Crippen LogP contribution in [0.2, 0.25) is 0 Å². The first-order valence-electron chi connectivity index (χ1n) is 7.50. The van der Waals surface area contributed by atoms with Crippen molar-refractivity contribution in [2.45, 2.75) is 56.7 Å². The Balaban J connectivity index is 1.82. The van der Waals surface area contributed by atoms with E-state index in [4.69, 9.17) is 0 Å². The lowest BCUT2D eigenvalue weighted by molar-refractivity contribution is 0.257. The van der Waals surface area contributed by atoms with Gasteiger partial charge in [-0.3, -0.25) is 0 Å². The van der Waals surface area contributed by atoms with Crippen molar-refractivity contribution in [3.63, 3.8) is 0 Å². The maximum absolute atomic E-state index is 3.92. The number of hydrogen-bond acceptors (Lipinski definition) is 0. The zero-order valence-corrected chi connectivity index (χ0v) is 13.0. The molecule has 1 heteroatoms. The van der Waals surface area contributed by atoms with E-state index in [0.29, 0.717) is 4.83 Å². The summed E-state index contributed by atoms with van der Waals surface area (Å²) in [7, 11) is 0. The van der Waals surface area contributed by atoms with Crippen molar-refractivity contribution >= 4 is 15.9 Å².